The molecule has 0 aromatic carbocycles. The SMILES string of the molecule is N#CNC1(C(=O)O)CCC1. The van der Waals surface area contributed by atoms with Crippen molar-refractivity contribution in [1.82, 2.24) is 5.32 Å². The van der Waals surface area contributed by atoms with E-state index < -0.39 is 11.5 Å². The van der Waals surface area contributed by atoms with E-state index in [0.29, 0.717) is 12.8 Å². The van der Waals surface area contributed by atoms with Crippen molar-refractivity contribution in [1.29, 1.82) is 5.26 Å². The molecule has 0 unspecified atom stereocenters. The molecular formula is C6H8N2O2. The van der Waals surface area contributed by atoms with Crippen LogP contribution < -0.4 is 5.32 Å². The van der Waals surface area contributed by atoms with Gasteiger partial charge in [0.25, 0.3) is 0 Å². The van der Waals surface area contributed by atoms with Crippen LogP contribution in [-0.4, -0.2) is 16.6 Å². The van der Waals surface area contributed by atoms with E-state index in [1.54, 1.807) is 6.19 Å². The number of hydrogen-bond acceptors (Lipinski definition) is 3. The van der Waals surface area contributed by atoms with E-state index in [1.807, 2.05) is 0 Å². The molecule has 1 fully saturated rings. The van der Waals surface area contributed by atoms with Gasteiger partial charge in [-0.2, -0.15) is 5.26 Å². The lowest BCUT2D eigenvalue weighted by Crippen LogP contribution is -2.55. The van der Waals surface area contributed by atoms with Crippen LogP contribution in [0.15, 0.2) is 0 Å². The molecule has 1 aliphatic carbocycles. The first-order chi connectivity index (χ1) is 4.71. The van der Waals surface area contributed by atoms with Gasteiger partial charge in [0.1, 0.15) is 5.54 Å². The normalized spacial score (nSPS) is 20.3. The Morgan fingerprint density at radius 3 is 2.40 bits per heavy atom. The fourth-order valence-corrected chi connectivity index (χ4v) is 1.03. The van der Waals surface area contributed by atoms with Crippen molar-refractivity contribution in [3.8, 4) is 6.19 Å². The predicted octanol–water partition coefficient (Wildman–Crippen LogP) is 0.0644. The molecule has 0 amide bonds. The van der Waals surface area contributed by atoms with E-state index >= 15 is 0 Å². The summed E-state index contributed by atoms with van der Waals surface area (Å²) >= 11 is 0. The van der Waals surface area contributed by atoms with Crippen LogP contribution in [0, 0.1) is 11.5 Å². The number of carboxylic acids is 1. The van der Waals surface area contributed by atoms with Crippen molar-refractivity contribution in [2.45, 2.75) is 24.8 Å². The molecule has 0 radical (unpaired) electrons. The number of nitrogens with zero attached hydrogens (tertiary/aromatic N) is 1. The largest absolute Gasteiger partial charge is 0.479 e. The van der Waals surface area contributed by atoms with Crippen LogP contribution in [-0.2, 0) is 4.79 Å². The highest BCUT2D eigenvalue weighted by atomic mass is 16.4. The zero-order valence-electron chi connectivity index (χ0n) is 5.42. The van der Waals surface area contributed by atoms with Gasteiger partial charge in [-0.05, 0) is 19.3 Å². The highest BCUT2D eigenvalue weighted by molar-refractivity contribution is 5.80. The molecule has 1 saturated carbocycles. The third-order valence-electron chi connectivity index (χ3n) is 1.91. The van der Waals surface area contributed by atoms with Crippen LogP contribution in [0.5, 0.6) is 0 Å². The molecule has 1 rings (SSSR count). The Balaban J connectivity index is 2.61. The second-order valence-corrected chi connectivity index (χ2v) is 2.48. The molecule has 0 aromatic rings. The van der Waals surface area contributed by atoms with Crippen LogP contribution >= 0.6 is 0 Å². The standard InChI is InChI=1S/C6H8N2O2/c7-4-8-6(5(9)10)2-1-3-6/h8H,1-3H2,(H,9,10). The van der Waals surface area contributed by atoms with Gasteiger partial charge < -0.3 is 10.4 Å². The van der Waals surface area contributed by atoms with Crippen molar-refractivity contribution in [2.24, 2.45) is 0 Å². The van der Waals surface area contributed by atoms with Crippen LogP contribution in [0.25, 0.3) is 0 Å². The molecule has 4 nitrogen and oxygen atoms in total. The predicted molar refractivity (Wildman–Crippen MR) is 33.0 cm³/mol. The van der Waals surface area contributed by atoms with Crippen molar-refractivity contribution in [2.75, 3.05) is 0 Å². The molecular weight excluding hydrogens is 132 g/mol. The number of rotatable bonds is 2. The van der Waals surface area contributed by atoms with E-state index in [0.717, 1.165) is 6.42 Å². The summed E-state index contributed by atoms with van der Waals surface area (Å²) in [5.41, 5.74) is -0.922. The molecule has 2 N–H and O–H groups in total. The molecule has 10 heavy (non-hydrogen) atoms. The number of carbonyl (C=O) groups is 1. The Hall–Kier alpha value is -1.24. The minimum absolute atomic E-state index is 0.565. The molecule has 1 aliphatic rings. The second-order valence-electron chi connectivity index (χ2n) is 2.48. The quantitative estimate of drug-likeness (QED) is 0.420. The third-order valence-corrected chi connectivity index (χ3v) is 1.91. The minimum Gasteiger partial charge on any atom is -0.479 e. The van der Waals surface area contributed by atoms with Gasteiger partial charge in [-0.1, -0.05) is 0 Å². The highest BCUT2D eigenvalue weighted by Crippen LogP contribution is 2.31. The molecule has 0 saturated heterocycles. The summed E-state index contributed by atoms with van der Waals surface area (Å²) in [6, 6.07) is 0. The van der Waals surface area contributed by atoms with Crippen LogP contribution in [0.3, 0.4) is 0 Å². The summed E-state index contributed by atoms with van der Waals surface area (Å²) in [7, 11) is 0. The average Bonchev–Trinajstić information content (AvgIpc) is 1.77. The van der Waals surface area contributed by atoms with Crippen LogP contribution in [0.1, 0.15) is 19.3 Å². The fourth-order valence-electron chi connectivity index (χ4n) is 1.03. The lowest BCUT2D eigenvalue weighted by molar-refractivity contribution is -0.147. The molecule has 0 heterocycles. The van der Waals surface area contributed by atoms with Gasteiger partial charge in [-0.3, -0.25) is 0 Å². The first-order valence-electron chi connectivity index (χ1n) is 3.11. The third kappa shape index (κ3) is 0.798. The van der Waals surface area contributed by atoms with Crippen molar-refractivity contribution < 1.29 is 9.90 Å². The van der Waals surface area contributed by atoms with Gasteiger partial charge >= 0.3 is 5.97 Å². The fraction of sp³-hybridized carbons (Fsp3) is 0.667. The molecule has 4 heteroatoms. The zero-order chi connectivity index (χ0) is 7.61. The van der Waals surface area contributed by atoms with E-state index in [4.69, 9.17) is 10.4 Å². The number of nitriles is 1. The lowest BCUT2D eigenvalue weighted by atomic mass is 9.77. The Morgan fingerprint density at radius 1 is 1.70 bits per heavy atom. The van der Waals surface area contributed by atoms with Gasteiger partial charge in [0.15, 0.2) is 6.19 Å². The first kappa shape index (κ1) is 6.87. The Bertz CT molecular complexity index is 190. The van der Waals surface area contributed by atoms with Gasteiger partial charge in [0.2, 0.25) is 0 Å². The van der Waals surface area contributed by atoms with Gasteiger partial charge in [-0.25, -0.2) is 4.79 Å². The first-order valence-corrected chi connectivity index (χ1v) is 3.11. The van der Waals surface area contributed by atoms with Gasteiger partial charge in [0.05, 0.1) is 0 Å². The molecule has 54 valence electrons. The Kier molecular flexibility index (Phi) is 1.50. The molecule has 0 atom stereocenters. The maximum absolute atomic E-state index is 10.5. The van der Waals surface area contributed by atoms with Gasteiger partial charge in [-0.15, -0.1) is 0 Å². The highest BCUT2D eigenvalue weighted by Gasteiger charge is 2.44. The van der Waals surface area contributed by atoms with Crippen molar-refractivity contribution in [3.63, 3.8) is 0 Å². The maximum atomic E-state index is 10.5. The number of hydrogen-bond donors (Lipinski definition) is 2. The van der Waals surface area contributed by atoms with Crippen molar-refractivity contribution >= 4 is 5.97 Å². The number of nitrogens with one attached hydrogen (secondary N) is 1. The van der Waals surface area contributed by atoms with Crippen LogP contribution in [0.4, 0.5) is 0 Å². The number of aliphatic carboxylic acids is 1. The average molecular weight is 140 g/mol. The molecule has 0 bridgehead atoms. The smallest absolute Gasteiger partial charge is 0.330 e. The second kappa shape index (κ2) is 2.18. The summed E-state index contributed by atoms with van der Waals surface area (Å²) in [4.78, 5) is 10.5. The van der Waals surface area contributed by atoms with Crippen LogP contribution in [0.2, 0.25) is 0 Å². The van der Waals surface area contributed by atoms with Gasteiger partial charge in [0, 0.05) is 0 Å². The topological polar surface area (TPSA) is 73.1 Å². The van der Waals surface area contributed by atoms with E-state index in [-0.39, 0.29) is 0 Å². The summed E-state index contributed by atoms with van der Waals surface area (Å²) in [6.45, 7) is 0. The zero-order valence-corrected chi connectivity index (χ0v) is 5.42. The molecule has 0 aliphatic heterocycles. The number of carboxylic acid groups (broad SMARTS) is 1. The summed E-state index contributed by atoms with van der Waals surface area (Å²) in [5.74, 6) is -0.916. The van der Waals surface area contributed by atoms with E-state index in [1.165, 1.54) is 0 Å². The summed E-state index contributed by atoms with van der Waals surface area (Å²) in [5, 5.41) is 19.1. The minimum atomic E-state index is -0.922. The van der Waals surface area contributed by atoms with E-state index in [2.05, 4.69) is 5.32 Å². The molecule has 0 aromatic heterocycles. The van der Waals surface area contributed by atoms with E-state index in [9.17, 15) is 4.79 Å². The summed E-state index contributed by atoms with van der Waals surface area (Å²) in [6.07, 6.45) is 3.68. The monoisotopic (exact) mass is 140 g/mol. The van der Waals surface area contributed by atoms with Crippen molar-refractivity contribution in [3.05, 3.63) is 0 Å². The maximum Gasteiger partial charge on any atom is 0.330 e. The molecule has 0 spiro atoms. The Morgan fingerprint density at radius 2 is 2.30 bits per heavy atom. The summed E-state index contributed by atoms with van der Waals surface area (Å²) < 4.78 is 0. The Labute approximate surface area is 58.5 Å². The lowest BCUT2D eigenvalue weighted by Gasteiger charge is -2.35.